The van der Waals surface area contributed by atoms with Crippen molar-refractivity contribution in [3.05, 3.63) is 34.9 Å². The Morgan fingerprint density at radius 2 is 1.96 bits per heavy atom. The molecule has 2 saturated heterocycles. The molecule has 4 rings (SSSR count). The summed E-state index contributed by atoms with van der Waals surface area (Å²) < 4.78 is 5.49. The molecule has 24 heavy (non-hydrogen) atoms. The minimum Gasteiger partial charge on any atom is -0.381 e. The number of rotatable bonds is 3. The van der Waals surface area contributed by atoms with E-state index in [1.165, 1.54) is 5.56 Å². The van der Waals surface area contributed by atoms with Crippen molar-refractivity contribution in [2.75, 3.05) is 26.3 Å². The summed E-state index contributed by atoms with van der Waals surface area (Å²) in [6.45, 7) is 3.56. The summed E-state index contributed by atoms with van der Waals surface area (Å²) in [4.78, 5) is 14.5. The van der Waals surface area contributed by atoms with E-state index < -0.39 is 0 Å². The second-order valence-electron chi connectivity index (χ2n) is 7.48. The fourth-order valence-corrected chi connectivity index (χ4v) is 4.42. The lowest BCUT2D eigenvalue weighted by atomic mass is 9.76. The number of likely N-dealkylation sites (tertiary alicyclic amines) is 1. The van der Waals surface area contributed by atoms with Crippen molar-refractivity contribution in [1.29, 1.82) is 0 Å². The number of urea groups is 1. The Morgan fingerprint density at radius 3 is 2.67 bits per heavy atom. The summed E-state index contributed by atoms with van der Waals surface area (Å²) in [5.74, 6) is 1.83. The molecule has 3 aliphatic rings. The molecule has 5 heteroatoms. The predicted octanol–water partition coefficient (Wildman–Crippen LogP) is 3.65. The van der Waals surface area contributed by atoms with E-state index in [1.54, 1.807) is 0 Å². The van der Waals surface area contributed by atoms with Gasteiger partial charge < -0.3 is 15.0 Å². The van der Waals surface area contributed by atoms with Crippen LogP contribution in [0.4, 0.5) is 4.79 Å². The molecule has 2 amide bonds. The Bertz CT molecular complexity index is 580. The lowest BCUT2D eigenvalue weighted by Gasteiger charge is -2.37. The largest absolute Gasteiger partial charge is 0.381 e. The molecule has 0 bridgehead atoms. The number of carbonyl (C=O) groups excluding carboxylic acids is 1. The highest BCUT2D eigenvalue weighted by molar-refractivity contribution is 6.30. The molecule has 1 aromatic carbocycles. The van der Waals surface area contributed by atoms with Gasteiger partial charge in [0.2, 0.25) is 0 Å². The first-order valence-electron chi connectivity index (χ1n) is 9.07. The summed E-state index contributed by atoms with van der Waals surface area (Å²) in [6.07, 6.45) is 4.34. The van der Waals surface area contributed by atoms with Crippen LogP contribution in [-0.2, 0) is 4.74 Å². The van der Waals surface area contributed by atoms with E-state index in [0.717, 1.165) is 57.0 Å². The molecule has 1 N–H and O–H groups in total. The van der Waals surface area contributed by atoms with Crippen LogP contribution in [-0.4, -0.2) is 43.3 Å². The Morgan fingerprint density at radius 1 is 1.17 bits per heavy atom. The monoisotopic (exact) mass is 348 g/mol. The number of nitrogens with zero attached hydrogens (tertiary/aromatic N) is 1. The van der Waals surface area contributed by atoms with Gasteiger partial charge in [-0.05, 0) is 61.1 Å². The van der Waals surface area contributed by atoms with Gasteiger partial charge in [-0.1, -0.05) is 23.7 Å². The van der Waals surface area contributed by atoms with Crippen LogP contribution in [0.1, 0.15) is 37.2 Å². The Hall–Kier alpha value is -1.26. The van der Waals surface area contributed by atoms with Crippen LogP contribution in [0.3, 0.4) is 0 Å². The van der Waals surface area contributed by atoms with Gasteiger partial charge in [-0.25, -0.2) is 4.79 Å². The maximum absolute atomic E-state index is 12.5. The van der Waals surface area contributed by atoms with Crippen LogP contribution in [0.25, 0.3) is 0 Å². The van der Waals surface area contributed by atoms with E-state index in [4.69, 9.17) is 16.3 Å². The third kappa shape index (κ3) is 3.40. The lowest BCUT2D eigenvalue weighted by molar-refractivity contribution is 0.169. The van der Waals surface area contributed by atoms with Gasteiger partial charge in [0, 0.05) is 37.4 Å². The number of hydrogen-bond donors (Lipinski definition) is 1. The second kappa shape index (κ2) is 6.93. The maximum atomic E-state index is 12.5. The van der Waals surface area contributed by atoms with Crippen LogP contribution < -0.4 is 5.32 Å². The third-order valence-corrected chi connectivity index (χ3v) is 6.20. The minimum absolute atomic E-state index is 0.121. The van der Waals surface area contributed by atoms with Crippen molar-refractivity contribution in [3.8, 4) is 0 Å². The highest BCUT2D eigenvalue weighted by atomic mass is 35.5. The van der Waals surface area contributed by atoms with Crippen LogP contribution in [0.2, 0.25) is 5.02 Å². The minimum atomic E-state index is 0.121. The topological polar surface area (TPSA) is 41.6 Å². The van der Waals surface area contributed by atoms with Gasteiger partial charge >= 0.3 is 6.03 Å². The van der Waals surface area contributed by atoms with Crippen LogP contribution in [0, 0.1) is 11.8 Å². The van der Waals surface area contributed by atoms with Gasteiger partial charge in [0.15, 0.2) is 0 Å². The van der Waals surface area contributed by atoms with E-state index in [1.807, 2.05) is 17.0 Å². The van der Waals surface area contributed by atoms with Gasteiger partial charge in [0.05, 0.1) is 0 Å². The first-order chi connectivity index (χ1) is 11.7. The molecule has 0 aromatic heterocycles. The van der Waals surface area contributed by atoms with Crippen LogP contribution in [0.15, 0.2) is 24.3 Å². The van der Waals surface area contributed by atoms with Crippen LogP contribution in [0.5, 0.6) is 0 Å². The van der Waals surface area contributed by atoms with Crippen molar-refractivity contribution < 1.29 is 9.53 Å². The predicted molar refractivity (Wildman–Crippen MR) is 94.4 cm³/mol. The standard InChI is InChI=1S/C19H25ClN2O2/c20-17-3-1-13(2-4-17)16-9-18(10-16)21-19(23)22-7-5-14(11-22)15-6-8-24-12-15/h1-4,14-16,18H,5-12H2,(H,21,23)/t14-,15-,16?,18?/m0/s1. The van der Waals surface area contributed by atoms with E-state index in [0.29, 0.717) is 23.8 Å². The van der Waals surface area contributed by atoms with Crippen LogP contribution >= 0.6 is 11.6 Å². The van der Waals surface area contributed by atoms with E-state index in [9.17, 15) is 4.79 Å². The summed E-state index contributed by atoms with van der Waals surface area (Å²) in [5, 5.41) is 3.99. The molecular formula is C19H25ClN2O2. The zero-order valence-electron chi connectivity index (χ0n) is 13.9. The van der Waals surface area contributed by atoms with E-state index in [2.05, 4.69) is 17.4 Å². The lowest BCUT2D eigenvalue weighted by Crippen LogP contribution is -2.48. The first-order valence-corrected chi connectivity index (χ1v) is 9.45. The smallest absolute Gasteiger partial charge is 0.317 e. The zero-order chi connectivity index (χ0) is 16.5. The molecule has 0 radical (unpaired) electrons. The molecule has 3 fully saturated rings. The van der Waals surface area contributed by atoms with Gasteiger partial charge in [-0.3, -0.25) is 0 Å². The number of carbonyl (C=O) groups is 1. The molecule has 1 aromatic rings. The van der Waals surface area contributed by atoms with Crippen molar-refractivity contribution in [2.24, 2.45) is 11.8 Å². The molecule has 1 aliphatic carbocycles. The van der Waals surface area contributed by atoms with E-state index in [-0.39, 0.29) is 6.03 Å². The average Bonchev–Trinajstić information content (AvgIpc) is 3.22. The molecule has 0 unspecified atom stereocenters. The normalized spacial score (nSPS) is 32.6. The quantitative estimate of drug-likeness (QED) is 0.905. The number of amides is 2. The molecule has 2 heterocycles. The van der Waals surface area contributed by atoms with Crippen molar-refractivity contribution in [3.63, 3.8) is 0 Å². The van der Waals surface area contributed by atoms with Gasteiger partial charge in [0.25, 0.3) is 0 Å². The molecule has 4 nitrogen and oxygen atoms in total. The Kier molecular flexibility index (Phi) is 4.68. The third-order valence-electron chi connectivity index (χ3n) is 5.95. The second-order valence-corrected chi connectivity index (χ2v) is 7.92. The molecule has 2 aliphatic heterocycles. The Balaban J connectivity index is 1.22. The molecule has 1 saturated carbocycles. The summed E-state index contributed by atoms with van der Waals surface area (Å²) in [6, 6.07) is 8.52. The molecular weight excluding hydrogens is 324 g/mol. The Labute approximate surface area is 148 Å². The first kappa shape index (κ1) is 16.2. The highest BCUT2D eigenvalue weighted by Crippen LogP contribution is 2.37. The SMILES string of the molecule is O=C(NC1CC(c2ccc(Cl)cc2)C1)N1CC[C@H]([C@H]2CCOC2)C1. The number of hydrogen-bond acceptors (Lipinski definition) is 2. The average molecular weight is 349 g/mol. The fourth-order valence-electron chi connectivity index (χ4n) is 4.29. The van der Waals surface area contributed by atoms with E-state index >= 15 is 0 Å². The fraction of sp³-hybridized carbons (Fsp3) is 0.632. The van der Waals surface area contributed by atoms with Gasteiger partial charge in [-0.2, -0.15) is 0 Å². The molecule has 130 valence electrons. The highest BCUT2D eigenvalue weighted by Gasteiger charge is 2.36. The molecule has 0 spiro atoms. The van der Waals surface area contributed by atoms with Crippen molar-refractivity contribution >= 4 is 17.6 Å². The summed E-state index contributed by atoms with van der Waals surface area (Å²) >= 11 is 5.94. The summed E-state index contributed by atoms with van der Waals surface area (Å²) in [5.41, 5.74) is 1.33. The molecule has 2 atom stereocenters. The number of nitrogens with one attached hydrogen (secondary N) is 1. The number of benzene rings is 1. The van der Waals surface area contributed by atoms with Gasteiger partial charge in [0.1, 0.15) is 0 Å². The number of halogens is 1. The van der Waals surface area contributed by atoms with Crippen molar-refractivity contribution in [2.45, 2.75) is 37.6 Å². The number of ether oxygens (including phenoxy) is 1. The van der Waals surface area contributed by atoms with Gasteiger partial charge in [-0.15, -0.1) is 0 Å². The van der Waals surface area contributed by atoms with Crippen molar-refractivity contribution in [1.82, 2.24) is 10.2 Å². The zero-order valence-corrected chi connectivity index (χ0v) is 14.7. The summed E-state index contributed by atoms with van der Waals surface area (Å²) in [7, 11) is 0. The maximum Gasteiger partial charge on any atom is 0.317 e.